The van der Waals surface area contributed by atoms with Crippen LogP contribution in [0.1, 0.15) is 6.42 Å². The standard InChI is InChI=1S/C5H10NO/c7-2-1-5-3-6-4-5/h5,7H,1-4H2. The van der Waals surface area contributed by atoms with Crippen molar-refractivity contribution >= 4 is 0 Å². The summed E-state index contributed by atoms with van der Waals surface area (Å²) in [7, 11) is 0. The number of aliphatic hydroxyl groups excluding tert-OH is 1. The molecule has 1 N–H and O–H groups in total. The smallest absolute Gasteiger partial charge is 0.0434 e. The first-order valence-corrected chi connectivity index (χ1v) is 2.67. The molecule has 41 valence electrons. The predicted octanol–water partition coefficient (Wildman–Crippen LogP) is -0.397. The van der Waals surface area contributed by atoms with Crippen molar-refractivity contribution in [3.05, 3.63) is 0 Å². The molecule has 1 heterocycles. The molecular formula is C5H10NO. The van der Waals surface area contributed by atoms with Gasteiger partial charge in [-0.2, -0.15) is 0 Å². The van der Waals surface area contributed by atoms with E-state index < -0.39 is 0 Å². The van der Waals surface area contributed by atoms with E-state index in [9.17, 15) is 0 Å². The third kappa shape index (κ3) is 1.14. The van der Waals surface area contributed by atoms with E-state index in [0.29, 0.717) is 12.5 Å². The lowest BCUT2D eigenvalue weighted by atomic mass is 10.0. The van der Waals surface area contributed by atoms with Gasteiger partial charge in [-0.05, 0) is 12.3 Å². The van der Waals surface area contributed by atoms with Crippen LogP contribution in [-0.2, 0) is 0 Å². The first kappa shape index (κ1) is 5.06. The van der Waals surface area contributed by atoms with E-state index in [2.05, 4.69) is 5.32 Å². The Hall–Kier alpha value is -0.0800. The van der Waals surface area contributed by atoms with Crippen molar-refractivity contribution in [3.8, 4) is 0 Å². The second-order valence-electron chi connectivity index (χ2n) is 1.97. The summed E-state index contributed by atoms with van der Waals surface area (Å²) in [5.41, 5.74) is 0. The molecule has 1 radical (unpaired) electrons. The van der Waals surface area contributed by atoms with Crippen LogP contribution < -0.4 is 5.32 Å². The van der Waals surface area contributed by atoms with Crippen LogP contribution in [0.15, 0.2) is 0 Å². The SMILES string of the molecule is OCCC1C[N]C1. The minimum Gasteiger partial charge on any atom is -0.396 e. The van der Waals surface area contributed by atoms with Crippen molar-refractivity contribution in [1.29, 1.82) is 0 Å². The summed E-state index contributed by atoms with van der Waals surface area (Å²) in [6.07, 6.45) is 0.948. The van der Waals surface area contributed by atoms with Crippen LogP contribution in [0.2, 0.25) is 0 Å². The molecule has 2 nitrogen and oxygen atoms in total. The second-order valence-corrected chi connectivity index (χ2v) is 1.97. The molecular weight excluding hydrogens is 90.1 g/mol. The number of hydrogen-bond acceptors (Lipinski definition) is 1. The van der Waals surface area contributed by atoms with Crippen molar-refractivity contribution < 1.29 is 5.11 Å². The Kier molecular flexibility index (Phi) is 1.65. The van der Waals surface area contributed by atoms with Gasteiger partial charge in [-0.15, -0.1) is 0 Å². The van der Waals surface area contributed by atoms with E-state index in [0.717, 1.165) is 19.5 Å². The molecule has 0 aromatic carbocycles. The molecule has 0 amide bonds. The maximum atomic E-state index is 8.36. The van der Waals surface area contributed by atoms with E-state index in [1.807, 2.05) is 0 Å². The highest BCUT2D eigenvalue weighted by molar-refractivity contribution is 4.72. The first-order valence-electron chi connectivity index (χ1n) is 2.67. The summed E-state index contributed by atoms with van der Waals surface area (Å²) in [5, 5.41) is 12.4. The highest BCUT2D eigenvalue weighted by atomic mass is 16.3. The van der Waals surface area contributed by atoms with Gasteiger partial charge in [0.15, 0.2) is 0 Å². The Bertz CT molecular complexity index is 52.0. The maximum Gasteiger partial charge on any atom is 0.0434 e. The van der Waals surface area contributed by atoms with Gasteiger partial charge in [-0.1, -0.05) is 0 Å². The Morgan fingerprint density at radius 3 is 2.43 bits per heavy atom. The van der Waals surface area contributed by atoms with Crippen LogP contribution in [-0.4, -0.2) is 24.8 Å². The fourth-order valence-electron chi connectivity index (χ4n) is 0.677. The zero-order valence-corrected chi connectivity index (χ0v) is 4.30. The van der Waals surface area contributed by atoms with Crippen LogP contribution in [0.5, 0.6) is 0 Å². The lowest BCUT2D eigenvalue weighted by Gasteiger charge is -2.23. The number of hydrogen-bond donors (Lipinski definition) is 1. The fourth-order valence-corrected chi connectivity index (χ4v) is 0.677. The van der Waals surface area contributed by atoms with Gasteiger partial charge < -0.3 is 5.11 Å². The van der Waals surface area contributed by atoms with Gasteiger partial charge in [0.25, 0.3) is 0 Å². The molecule has 0 bridgehead atoms. The summed E-state index contributed by atoms with van der Waals surface area (Å²) in [6.45, 7) is 2.31. The molecule has 0 unspecified atom stereocenters. The molecule has 2 heteroatoms. The minimum atomic E-state index is 0.334. The lowest BCUT2D eigenvalue weighted by molar-refractivity contribution is 0.220. The molecule has 0 atom stereocenters. The normalized spacial score (nSPS) is 21.9. The van der Waals surface area contributed by atoms with Gasteiger partial charge in [-0.3, -0.25) is 0 Å². The summed E-state index contributed by atoms with van der Waals surface area (Å²) in [4.78, 5) is 0. The molecule has 1 rings (SSSR count). The van der Waals surface area contributed by atoms with E-state index in [4.69, 9.17) is 5.11 Å². The van der Waals surface area contributed by atoms with Gasteiger partial charge in [0, 0.05) is 19.7 Å². The third-order valence-electron chi connectivity index (χ3n) is 1.31. The van der Waals surface area contributed by atoms with Crippen LogP contribution >= 0.6 is 0 Å². The van der Waals surface area contributed by atoms with Gasteiger partial charge in [0.05, 0.1) is 0 Å². The van der Waals surface area contributed by atoms with Crippen molar-refractivity contribution in [2.24, 2.45) is 5.92 Å². The van der Waals surface area contributed by atoms with Crippen molar-refractivity contribution in [3.63, 3.8) is 0 Å². The summed E-state index contributed by atoms with van der Waals surface area (Å²) in [5.74, 6) is 0.713. The molecule has 0 aromatic heterocycles. The Morgan fingerprint density at radius 1 is 1.57 bits per heavy atom. The number of rotatable bonds is 2. The topological polar surface area (TPSA) is 34.3 Å². The highest BCUT2D eigenvalue weighted by Gasteiger charge is 2.16. The monoisotopic (exact) mass is 100 g/mol. The summed E-state index contributed by atoms with van der Waals surface area (Å²) < 4.78 is 0. The summed E-state index contributed by atoms with van der Waals surface area (Å²) in [6, 6.07) is 0. The van der Waals surface area contributed by atoms with E-state index in [-0.39, 0.29) is 0 Å². The molecule has 1 saturated heterocycles. The van der Waals surface area contributed by atoms with Crippen LogP contribution in [0.25, 0.3) is 0 Å². The average molecular weight is 100 g/mol. The zero-order valence-electron chi connectivity index (χ0n) is 4.30. The molecule has 0 aliphatic carbocycles. The quantitative estimate of drug-likeness (QED) is 0.503. The minimum absolute atomic E-state index is 0.334. The van der Waals surface area contributed by atoms with Crippen molar-refractivity contribution in [2.75, 3.05) is 19.7 Å². The fraction of sp³-hybridized carbons (Fsp3) is 1.00. The predicted molar refractivity (Wildman–Crippen MR) is 27.1 cm³/mol. The van der Waals surface area contributed by atoms with Gasteiger partial charge >= 0.3 is 0 Å². The van der Waals surface area contributed by atoms with Crippen LogP contribution in [0.4, 0.5) is 0 Å². The van der Waals surface area contributed by atoms with Crippen LogP contribution in [0.3, 0.4) is 0 Å². The molecule has 0 saturated carbocycles. The lowest BCUT2D eigenvalue weighted by Crippen LogP contribution is -2.36. The third-order valence-corrected chi connectivity index (χ3v) is 1.31. The van der Waals surface area contributed by atoms with E-state index in [1.165, 1.54) is 0 Å². The average Bonchev–Trinajstić information content (AvgIpc) is 1.55. The van der Waals surface area contributed by atoms with E-state index >= 15 is 0 Å². The Morgan fingerprint density at radius 2 is 2.29 bits per heavy atom. The van der Waals surface area contributed by atoms with Crippen molar-refractivity contribution in [2.45, 2.75) is 6.42 Å². The molecule has 0 aromatic rings. The molecule has 7 heavy (non-hydrogen) atoms. The zero-order chi connectivity index (χ0) is 5.11. The van der Waals surface area contributed by atoms with Crippen LogP contribution in [0, 0.1) is 5.92 Å². The van der Waals surface area contributed by atoms with Crippen molar-refractivity contribution in [1.82, 2.24) is 5.32 Å². The Balaban J connectivity index is 1.93. The molecule has 1 aliphatic heterocycles. The number of nitrogens with zero attached hydrogens (tertiary/aromatic N) is 1. The molecule has 1 fully saturated rings. The largest absolute Gasteiger partial charge is 0.396 e. The first-order chi connectivity index (χ1) is 3.43. The van der Waals surface area contributed by atoms with E-state index in [1.54, 1.807) is 0 Å². The Labute approximate surface area is 43.5 Å². The second kappa shape index (κ2) is 2.28. The molecule has 0 spiro atoms. The number of aliphatic hydroxyl groups is 1. The van der Waals surface area contributed by atoms with Gasteiger partial charge in [0.1, 0.15) is 0 Å². The van der Waals surface area contributed by atoms with Gasteiger partial charge in [0.2, 0.25) is 0 Å². The van der Waals surface area contributed by atoms with Gasteiger partial charge in [-0.25, -0.2) is 5.32 Å². The highest BCUT2D eigenvalue weighted by Crippen LogP contribution is 2.07. The maximum absolute atomic E-state index is 8.36. The molecule has 1 aliphatic rings. The summed E-state index contributed by atoms with van der Waals surface area (Å²) >= 11 is 0.